The fourth-order valence-corrected chi connectivity index (χ4v) is 2.83. The van der Waals surface area contributed by atoms with Crippen molar-refractivity contribution in [1.82, 2.24) is 0 Å². The summed E-state index contributed by atoms with van der Waals surface area (Å²) in [5.74, 6) is 0.557. The molecule has 0 amide bonds. The molecule has 0 radical (unpaired) electrons. The van der Waals surface area contributed by atoms with Crippen molar-refractivity contribution in [2.75, 3.05) is 0 Å². The zero-order valence-electron chi connectivity index (χ0n) is 8.78. The number of hydrogen-bond donors (Lipinski definition) is 0. The fourth-order valence-electron chi connectivity index (χ4n) is 2.83. The maximum Gasteiger partial charge on any atom is 0.146 e. The van der Waals surface area contributed by atoms with Gasteiger partial charge in [0.2, 0.25) is 0 Å². The van der Waals surface area contributed by atoms with Gasteiger partial charge in [-0.05, 0) is 32.1 Å². The van der Waals surface area contributed by atoms with Crippen LogP contribution in [0.2, 0.25) is 0 Å². The SMILES string of the molecule is O=C(CC(=O)C1CC2CCC1O2)C1CC1. The number of Topliss-reactive ketones (excluding diaryl/α,β-unsaturated/α-hetero) is 2. The van der Waals surface area contributed by atoms with Crippen LogP contribution < -0.4 is 0 Å². The van der Waals surface area contributed by atoms with Crippen LogP contribution in [0, 0.1) is 11.8 Å². The molecule has 2 heterocycles. The Hall–Kier alpha value is -0.700. The van der Waals surface area contributed by atoms with Gasteiger partial charge in [0.25, 0.3) is 0 Å². The van der Waals surface area contributed by atoms with E-state index in [0.717, 1.165) is 32.1 Å². The maximum atomic E-state index is 11.9. The lowest BCUT2D eigenvalue weighted by atomic mass is 9.84. The number of fused-ring (bicyclic) bond motifs is 2. The van der Waals surface area contributed by atoms with Crippen molar-refractivity contribution in [2.24, 2.45) is 11.8 Å². The molecule has 0 spiro atoms. The van der Waals surface area contributed by atoms with Crippen molar-refractivity contribution in [3.63, 3.8) is 0 Å². The van der Waals surface area contributed by atoms with Crippen LogP contribution in [0.1, 0.15) is 38.5 Å². The summed E-state index contributed by atoms with van der Waals surface area (Å²) in [6, 6.07) is 0. The predicted octanol–water partition coefficient (Wildman–Crippen LogP) is 1.49. The normalized spacial score (nSPS) is 38.3. The molecule has 2 aliphatic heterocycles. The van der Waals surface area contributed by atoms with Crippen LogP contribution in [0.3, 0.4) is 0 Å². The van der Waals surface area contributed by atoms with E-state index in [-0.39, 0.29) is 35.9 Å². The van der Waals surface area contributed by atoms with Gasteiger partial charge in [0.05, 0.1) is 18.6 Å². The second-order valence-electron chi connectivity index (χ2n) is 5.10. The highest BCUT2D eigenvalue weighted by Gasteiger charge is 2.45. The Morgan fingerprint density at radius 1 is 1.07 bits per heavy atom. The lowest BCUT2D eigenvalue weighted by Gasteiger charge is -2.16. The summed E-state index contributed by atoms with van der Waals surface area (Å²) in [7, 11) is 0. The molecule has 3 unspecified atom stereocenters. The van der Waals surface area contributed by atoms with Gasteiger partial charge in [-0.1, -0.05) is 0 Å². The Labute approximate surface area is 89.2 Å². The van der Waals surface area contributed by atoms with Gasteiger partial charge in [0, 0.05) is 11.8 Å². The third-order valence-electron chi connectivity index (χ3n) is 3.90. The first kappa shape index (κ1) is 9.52. The monoisotopic (exact) mass is 208 g/mol. The Kier molecular flexibility index (Phi) is 2.16. The Morgan fingerprint density at radius 2 is 1.87 bits per heavy atom. The summed E-state index contributed by atoms with van der Waals surface area (Å²) < 4.78 is 5.63. The third-order valence-corrected chi connectivity index (χ3v) is 3.90. The third kappa shape index (κ3) is 1.73. The molecular weight excluding hydrogens is 192 g/mol. The van der Waals surface area contributed by atoms with Crippen LogP contribution in [-0.4, -0.2) is 23.8 Å². The maximum absolute atomic E-state index is 11.9. The van der Waals surface area contributed by atoms with E-state index in [0.29, 0.717) is 6.10 Å². The highest BCUT2D eigenvalue weighted by atomic mass is 16.5. The molecule has 3 nitrogen and oxygen atoms in total. The van der Waals surface area contributed by atoms with E-state index in [2.05, 4.69) is 0 Å². The zero-order chi connectivity index (χ0) is 10.4. The zero-order valence-corrected chi connectivity index (χ0v) is 8.78. The van der Waals surface area contributed by atoms with Crippen molar-refractivity contribution in [1.29, 1.82) is 0 Å². The summed E-state index contributed by atoms with van der Waals surface area (Å²) in [5, 5.41) is 0. The molecule has 3 aliphatic rings. The minimum atomic E-state index is 0.0337. The molecule has 0 N–H and O–H groups in total. The molecule has 3 heteroatoms. The molecule has 3 rings (SSSR count). The molecule has 15 heavy (non-hydrogen) atoms. The summed E-state index contributed by atoms with van der Waals surface area (Å²) in [6.07, 6.45) is 5.58. The van der Waals surface area contributed by atoms with Gasteiger partial charge in [0.1, 0.15) is 11.6 Å². The molecule has 2 bridgehead atoms. The first-order valence-corrected chi connectivity index (χ1v) is 5.95. The smallest absolute Gasteiger partial charge is 0.146 e. The van der Waals surface area contributed by atoms with Gasteiger partial charge in [0.15, 0.2) is 0 Å². The van der Waals surface area contributed by atoms with Gasteiger partial charge < -0.3 is 4.74 Å². The Balaban J connectivity index is 1.58. The highest BCUT2D eigenvalue weighted by molar-refractivity contribution is 6.02. The van der Waals surface area contributed by atoms with Crippen LogP contribution in [-0.2, 0) is 14.3 Å². The molecule has 1 saturated carbocycles. The van der Waals surface area contributed by atoms with E-state index in [1.165, 1.54) is 0 Å². The van der Waals surface area contributed by atoms with E-state index in [1.54, 1.807) is 0 Å². The standard InChI is InChI=1S/C12H16O3/c13-10(7-1-2-7)6-11(14)9-5-8-3-4-12(9)15-8/h7-9,12H,1-6H2. The molecule has 2 saturated heterocycles. The fraction of sp³-hybridized carbons (Fsp3) is 0.833. The van der Waals surface area contributed by atoms with E-state index in [1.807, 2.05) is 0 Å². The van der Waals surface area contributed by atoms with Crippen molar-refractivity contribution < 1.29 is 14.3 Å². The van der Waals surface area contributed by atoms with E-state index >= 15 is 0 Å². The largest absolute Gasteiger partial charge is 0.374 e. The van der Waals surface area contributed by atoms with Crippen LogP contribution in [0.5, 0.6) is 0 Å². The minimum Gasteiger partial charge on any atom is -0.374 e. The molecular formula is C12H16O3. The Bertz CT molecular complexity index is 306. The van der Waals surface area contributed by atoms with E-state index in [4.69, 9.17) is 4.74 Å². The minimum absolute atomic E-state index is 0.0337. The van der Waals surface area contributed by atoms with Gasteiger partial charge in [-0.15, -0.1) is 0 Å². The van der Waals surface area contributed by atoms with Crippen LogP contribution in [0.25, 0.3) is 0 Å². The molecule has 0 aromatic heterocycles. The van der Waals surface area contributed by atoms with Crippen molar-refractivity contribution in [3.8, 4) is 0 Å². The summed E-state index contributed by atoms with van der Waals surface area (Å²) in [4.78, 5) is 23.4. The number of ketones is 2. The van der Waals surface area contributed by atoms with Crippen LogP contribution >= 0.6 is 0 Å². The molecule has 0 aromatic carbocycles. The number of ether oxygens (including phenoxy) is 1. The highest BCUT2D eigenvalue weighted by Crippen LogP contribution is 2.40. The molecule has 82 valence electrons. The van der Waals surface area contributed by atoms with Gasteiger partial charge >= 0.3 is 0 Å². The van der Waals surface area contributed by atoms with Crippen LogP contribution in [0.4, 0.5) is 0 Å². The van der Waals surface area contributed by atoms with Crippen molar-refractivity contribution in [3.05, 3.63) is 0 Å². The molecule has 0 aromatic rings. The van der Waals surface area contributed by atoms with Gasteiger partial charge in [-0.25, -0.2) is 0 Å². The lowest BCUT2D eigenvalue weighted by Crippen LogP contribution is -2.27. The summed E-state index contributed by atoms with van der Waals surface area (Å²) in [5.41, 5.74) is 0. The average Bonchev–Trinajstić information content (AvgIpc) is 2.87. The first-order chi connectivity index (χ1) is 7.24. The van der Waals surface area contributed by atoms with Crippen molar-refractivity contribution >= 4 is 11.6 Å². The van der Waals surface area contributed by atoms with Gasteiger partial charge in [-0.3, -0.25) is 9.59 Å². The quantitative estimate of drug-likeness (QED) is 0.657. The Morgan fingerprint density at radius 3 is 2.40 bits per heavy atom. The summed E-state index contributed by atoms with van der Waals surface area (Å²) in [6.45, 7) is 0. The van der Waals surface area contributed by atoms with E-state index in [9.17, 15) is 9.59 Å². The topological polar surface area (TPSA) is 43.4 Å². The predicted molar refractivity (Wildman–Crippen MR) is 53.4 cm³/mol. The van der Waals surface area contributed by atoms with Crippen LogP contribution in [0.15, 0.2) is 0 Å². The van der Waals surface area contributed by atoms with Crippen molar-refractivity contribution in [2.45, 2.75) is 50.7 Å². The second-order valence-corrected chi connectivity index (χ2v) is 5.10. The van der Waals surface area contributed by atoms with E-state index < -0.39 is 0 Å². The average molecular weight is 208 g/mol. The van der Waals surface area contributed by atoms with Gasteiger partial charge in [-0.2, -0.15) is 0 Å². The molecule has 3 atom stereocenters. The number of hydrogen-bond acceptors (Lipinski definition) is 3. The molecule has 1 aliphatic carbocycles. The molecule has 3 fully saturated rings. The second kappa shape index (κ2) is 3.41. The lowest BCUT2D eigenvalue weighted by molar-refractivity contribution is -0.130. The first-order valence-electron chi connectivity index (χ1n) is 5.95. The summed E-state index contributed by atoms with van der Waals surface area (Å²) >= 11 is 0. The number of carbonyl (C=O) groups is 2. The number of rotatable bonds is 4. The number of carbonyl (C=O) groups excluding carboxylic acids is 2.